The fourth-order valence-corrected chi connectivity index (χ4v) is 1.87. The van der Waals surface area contributed by atoms with Crippen molar-refractivity contribution in [2.75, 3.05) is 46.0 Å². The fraction of sp³-hybridized carbons (Fsp3) is 1.00. The number of hydrogen-bond donors (Lipinski definition) is 1. The van der Waals surface area contributed by atoms with Crippen molar-refractivity contribution in [2.45, 2.75) is 25.9 Å². The Kier molecular flexibility index (Phi) is 6.92. The molecule has 0 aromatic rings. The molecule has 0 spiro atoms. The summed E-state index contributed by atoms with van der Waals surface area (Å²) in [5.74, 6) is 0. The minimum Gasteiger partial charge on any atom is -0.380 e. The van der Waals surface area contributed by atoms with Crippen LogP contribution in [0.1, 0.15) is 19.8 Å². The van der Waals surface area contributed by atoms with Crippen LogP contribution in [0.3, 0.4) is 0 Å². The summed E-state index contributed by atoms with van der Waals surface area (Å²) in [5.41, 5.74) is 5.40. The summed E-state index contributed by atoms with van der Waals surface area (Å²) in [6.45, 7) is 8.34. The highest BCUT2D eigenvalue weighted by molar-refractivity contribution is 4.72. The standard InChI is InChI=1S/C11H24N2O2/c1-2-14-10-8-13-6-3-11(4-7-13)15-9-5-12/h11H,2-10,12H2,1H3. The summed E-state index contributed by atoms with van der Waals surface area (Å²) in [6, 6.07) is 0. The normalized spacial score (nSPS) is 19.6. The molecular formula is C11H24N2O2. The number of nitrogens with two attached hydrogens (primary N) is 1. The molecule has 0 aromatic carbocycles. The van der Waals surface area contributed by atoms with Gasteiger partial charge in [0.15, 0.2) is 0 Å². The Labute approximate surface area is 92.7 Å². The molecule has 0 atom stereocenters. The molecule has 1 rings (SSSR count). The maximum atomic E-state index is 5.62. The molecule has 1 aliphatic rings. The van der Waals surface area contributed by atoms with E-state index in [1.807, 2.05) is 6.92 Å². The van der Waals surface area contributed by atoms with Gasteiger partial charge in [-0.25, -0.2) is 0 Å². The average Bonchev–Trinajstić information content (AvgIpc) is 2.28. The first-order valence-electron chi connectivity index (χ1n) is 5.98. The van der Waals surface area contributed by atoms with Gasteiger partial charge in [0, 0.05) is 32.8 Å². The van der Waals surface area contributed by atoms with Gasteiger partial charge in [0.1, 0.15) is 0 Å². The number of nitrogens with zero attached hydrogens (tertiary/aromatic N) is 1. The summed E-state index contributed by atoms with van der Waals surface area (Å²) < 4.78 is 11.0. The third-order valence-corrected chi connectivity index (χ3v) is 2.76. The highest BCUT2D eigenvalue weighted by atomic mass is 16.5. The van der Waals surface area contributed by atoms with E-state index in [1.54, 1.807) is 0 Å². The second-order valence-electron chi connectivity index (χ2n) is 3.90. The van der Waals surface area contributed by atoms with Gasteiger partial charge in [-0.15, -0.1) is 0 Å². The summed E-state index contributed by atoms with van der Waals surface area (Å²) in [6.07, 6.45) is 2.69. The van der Waals surface area contributed by atoms with Gasteiger partial charge >= 0.3 is 0 Å². The highest BCUT2D eigenvalue weighted by Gasteiger charge is 2.18. The van der Waals surface area contributed by atoms with Crippen molar-refractivity contribution in [3.05, 3.63) is 0 Å². The predicted molar refractivity (Wildman–Crippen MR) is 61.0 cm³/mol. The quantitative estimate of drug-likeness (QED) is 0.628. The summed E-state index contributed by atoms with van der Waals surface area (Å²) in [5, 5.41) is 0. The van der Waals surface area contributed by atoms with E-state index in [4.69, 9.17) is 15.2 Å². The van der Waals surface area contributed by atoms with Crippen molar-refractivity contribution >= 4 is 0 Å². The maximum absolute atomic E-state index is 5.62. The lowest BCUT2D eigenvalue weighted by atomic mass is 10.1. The molecule has 0 saturated carbocycles. The number of rotatable bonds is 7. The second kappa shape index (κ2) is 8.05. The molecule has 0 bridgehead atoms. The van der Waals surface area contributed by atoms with Crippen molar-refractivity contribution < 1.29 is 9.47 Å². The van der Waals surface area contributed by atoms with Crippen molar-refractivity contribution in [1.82, 2.24) is 4.90 Å². The molecule has 1 heterocycles. The molecule has 90 valence electrons. The topological polar surface area (TPSA) is 47.7 Å². The predicted octanol–water partition coefficient (Wildman–Crippen LogP) is 0.463. The van der Waals surface area contributed by atoms with Crippen molar-refractivity contribution in [2.24, 2.45) is 5.73 Å². The zero-order valence-corrected chi connectivity index (χ0v) is 9.78. The van der Waals surface area contributed by atoms with Crippen LogP contribution in [0.4, 0.5) is 0 Å². The van der Waals surface area contributed by atoms with Crippen LogP contribution in [-0.4, -0.2) is 57.0 Å². The molecule has 1 saturated heterocycles. The van der Waals surface area contributed by atoms with Crippen LogP contribution in [0.25, 0.3) is 0 Å². The van der Waals surface area contributed by atoms with Crippen molar-refractivity contribution in [1.29, 1.82) is 0 Å². The Morgan fingerprint density at radius 3 is 2.60 bits per heavy atom. The molecule has 0 unspecified atom stereocenters. The number of likely N-dealkylation sites (tertiary alicyclic amines) is 1. The molecule has 0 aromatic heterocycles. The molecule has 1 aliphatic heterocycles. The van der Waals surface area contributed by atoms with Gasteiger partial charge in [0.2, 0.25) is 0 Å². The van der Waals surface area contributed by atoms with E-state index in [0.717, 1.165) is 45.7 Å². The number of ether oxygens (including phenoxy) is 2. The maximum Gasteiger partial charge on any atom is 0.0600 e. The molecule has 0 aliphatic carbocycles. The minimum atomic E-state index is 0.428. The lowest BCUT2D eigenvalue weighted by molar-refractivity contribution is 0.00506. The van der Waals surface area contributed by atoms with E-state index in [1.165, 1.54) is 0 Å². The first kappa shape index (κ1) is 12.9. The van der Waals surface area contributed by atoms with Gasteiger partial charge in [0.25, 0.3) is 0 Å². The van der Waals surface area contributed by atoms with Crippen molar-refractivity contribution in [3.8, 4) is 0 Å². The first-order chi connectivity index (χ1) is 7.36. The Hall–Kier alpha value is -0.160. The van der Waals surface area contributed by atoms with E-state index in [0.29, 0.717) is 19.3 Å². The van der Waals surface area contributed by atoms with Gasteiger partial charge in [0.05, 0.1) is 19.3 Å². The lowest BCUT2D eigenvalue weighted by Crippen LogP contribution is -2.39. The highest BCUT2D eigenvalue weighted by Crippen LogP contribution is 2.12. The third kappa shape index (κ3) is 5.47. The molecule has 4 nitrogen and oxygen atoms in total. The minimum absolute atomic E-state index is 0.428. The van der Waals surface area contributed by atoms with Crippen LogP contribution in [0.2, 0.25) is 0 Å². The second-order valence-corrected chi connectivity index (χ2v) is 3.90. The Balaban J connectivity index is 2.02. The van der Waals surface area contributed by atoms with E-state index in [2.05, 4.69) is 4.90 Å². The van der Waals surface area contributed by atoms with Gasteiger partial charge in [-0.1, -0.05) is 0 Å². The largest absolute Gasteiger partial charge is 0.380 e. The number of hydrogen-bond acceptors (Lipinski definition) is 4. The SMILES string of the molecule is CCOCCN1CCC(OCCN)CC1. The van der Waals surface area contributed by atoms with Gasteiger partial charge in [-0.3, -0.25) is 0 Å². The van der Waals surface area contributed by atoms with Crippen LogP contribution < -0.4 is 5.73 Å². The molecule has 1 fully saturated rings. The molecule has 0 amide bonds. The van der Waals surface area contributed by atoms with Crippen molar-refractivity contribution in [3.63, 3.8) is 0 Å². The van der Waals surface area contributed by atoms with E-state index >= 15 is 0 Å². The molecule has 4 heteroatoms. The van der Waals surface area contributed by atoms with Gasteiger partial charge in [-0.2, -0.15) is 0 Å². The van der Waals surface area contributed by atoms with Crippen LogP contribution in [-0.2, 0) is 9.47 Å². The summed E-state index contributed by atoms with van der Waals surface area (Å²) in [7, 11) is 0. The fourth-order valence-electron chi connectivity index (χ4n) is 1.87. The zero-order chi connectivity index (χ0) is 10.9. The Bertz CT molecular complexity index is 148. The van der Waals surface area contributed by atoms with Gasteiger partial charge in [-0.05, 0) is 19.8 Å². The van der Waals surface area contributed by atoms with Crippen LogP contribution >= 0.6 is 0 Å². The zero-order valence-electron chi connectivity index (χ0n) is 9.78. The number of piperidine rings is 1. The van der Waals surface area contributed by atoms with E-state index in [9.17, 15) is 0 Å². The Morgan fingerprint density at radius 1 is 1.27 bits per heavy atom. The van der Waals surface area contributed by atoms with Crippen LogP contribution in [0.15, 0.2) is 0 Å². The van der Waals surface area contributed by atoms with Gasteiger partial charge < -0.3 is 20.1 Å². The van der Waals surface area contributed by atoms with E-state index < -0.39 is 0 Å². The lowest BCUT2D eigenvalue weighted by Gasteiger charge is -2.31. The molecule has 0 radical (unpaired) electrons. The average molecular weight is 216 g/mol. The molecule has 15 heavy (non-hydrogen) atoms. The Morgan fingerprint density at radius 2 is 2.00 bits per heavy atom. The molecule has 2 N–H and O–H groups in total. The first-order valence-corrected chi connectivity index (χ1v) is 5.98. The monoisotopic (exact) mass is 216 g/mol. The summed E-state index contributed by atoms with van der Waals surface area (Å²) >= 11 is 0. The summed E-state index contributed by atoms with van der Waals surface area (Å²) in [4.78, 5) is 2.44. The van der Waals surface area contributed by atoms with Crippen LogP contribution in [0, 0.1) is 0 Å². The van der Waals surface area contributed by atoms with E-state index in [-0.39, 0.29) is 0 Å². The molecular weight excluding hydrogens is 192 g/mol. The smallest absolute Gasteiger partial charge is 0.0600 e. The van der Waals surface area contributed by atoms with Crippen LogP contribution in [0.5, 0.6) is 0 Å². The third-order valence-electron chi connectivity index (χ3n) is 2.76.